The normalized spacial score (nSPS) is 17.2. The zero-order valence-electron chi connectivity index (χ0n) is 11.1. The Morgan fingerprint density at radius 2 is 2.33 bits per heavy atom. The van der Waals surface area contributed by atoms with E-state index in [1.54, 1.807) is 11.3 Å². The van der Waals surface area contributed by atoms with Crippen molar-refractivity contribution in [3.8, 4) is 0 Å². The fourth-order valence-electron chi connectivity index (χ4n) is 2.09. The van der Waals surface area contributed by atoms with Crippen LogP contribution in [0.2, 0.25) is 0 Å². The first kappa shape index (κ1) is 13.9. The molecule has 0 unspecified atom stereocenters. The molecule has 18 heavy (non-hydrogen) atoms. The molecule has 0 aromatic carbocycles. The molecular formula is C13H23N3OS. The number of rotatable bonds is 7. The van der Waals surface area contributed by atoms with Crippen molar-refractivity contribution in [2.24, 2.45) is 0 Å². The molecule has 0 saturated carbocycles. The van der Waals surface area contributed by atoms with Gasteiger partial charge in [-0.15, -0.1) is 11.3 Å². The molecule has 1 aliphatic heterocycles. The highest BCUT2D eigenvalue weighted by molar-refractivity contribution is 7.09. The Morgan fingerprint density at radius 3 is 3.06 bits per heavy atom. The smallest absolute Gasteiger partial charge is 0.107 e. The van der Waals surface area contributed by atoms with E-state index < -0.39 is 0 Å². The minimum atomic E-state index is 0.480. The van der Waals surface area contributed by atoms with E-state index in [9.17, 15) is 0 Å². The summed E-state index contributed by atoms with van der Waals surface area (Å²) in [6.07, 6.45) is 3.87. The number of nitrogens with one attached hydrogen (secondary N) is 2. The molecule has 0 atom stereocenters. The lowest BCUT2D eigenvalue weighted by atomic mass is 10.1. The standard InChI is InChI=1S/C13H23N3OS/c1-11-10-18-13(16-11)9-15-5-2-8-17-12-3-6-14-7-4-12/h10,12,14-15H,2-9H2,1H3. The van der Waals surface area contributed by atoms with E-state index in [1.165, 1.54) is 5.01 Å². The van der Waals surface area contributed by atoms with Gasteiger partial charge in [0.2, 0.25) is 0 Å². The van der Waals surface area contributed by atoms with Gasteiger partial charge in [-0.25, -0.2) is 4.98 Å². The average molecular weight is 269 g/mol. The monoisotopic (exact) mass is 269 g/mol. The molecule has 0 bridgehead atoms. The van der Waals surface area contributed by atoms with Crippen LogP contribution in [0.1, 0.15) is 30.0 Å². The van der Waals surface area contributed by atoms with Crippen molar-refractivity contribution in [1.82, 2.24) is 15.6 Å². The minimum Gasteiger partial charge on any atom is -0.378 e. The molecule has 102 valence electrons. The Bertz CT molecular complexity index is 337. The fourth-order valence-corrected chi connectivity index (χ4v) is 2.83. The van der Waals surface area contributed by atoms with Crippen LogP contribution in [-0.4, -0.2) is 37.3 Å². The first-order chi connectivity index (χ1) is 8.84. The SMILES string of the molecule is Cc1csc(CNCCCOC2CCNCC2)n1. The van der Waals surface area contributed by atoms with Gasteiger partial charge in [0, 0.05) is 24.2 Å². The van der Waals surface area contributed by atoms with Gasteiger partial charge in [-0.2, -0.15) is 0 Å². The maximum Gasteiger partial charge on any atom is 0.107 e. The number of hydrogen-bond donors (Lipinski definition) is 2. The van der Waals surface area contributed by atoms with Gasteiger partial charge in [0.1, 0.15) is 5.01 Å². The third kappa shape index (κ3) is 5.02. The van der Waals surface area contributed by atoms with E-state index in [0.29, 0.717) is 6.10 Å². The summed E-state index contributed by atoms with van der Waals surface area (Å²) in [6.45, 7) is 7.00. The van der Waals surface area contributed by atoms with Gasteiger partial charge in [0.05, 0.1) is 6.10 Å². The largest absolute Gasteiger partial charge is 0.378 e. The van der Waals surface area contributed by atoms with Gasteiger partial charge in [-0.1, -0.05) is 0 Å². The fraction of sp³-hybridized carbons (Fsp3) is 0.769. The average Bonchev–Trinajstić information content (AvgIpc) is 2.81. The van der Waals surface area contributed by atoms with Crippen molar-refractivity contribution >= 4 is 11.3 Å². The first-order valence-corrected chi connectivity index (χ1v) is 7.66. The lowest BCUT2D eigenvalue weighted by Crippen LogP contribution is -2.32. The van der Waals surface area contributed by atoms with E-state index in [2.05, 4.69) is 21.0 Å². The lowest BCUT2D eigenvalue weighted by molar-refractivity contribution is 0.0317. The second-order valence-corrected chi connectivity index (χ2v) is 5.68. The Kier molecular flexibility index (Phi) is 6.07. The van der Waals surface area contributed by atoms with E-state index in [1.807, 2.05) is 6.92 Å². The van der Waals surface area contributed by atoms with E-state index >= 15 is 0 Å². The number of thiazole rings is 1. The number of hydrogen-bond acceptors (Lipinski definition) is 5. The summed E-state index contributed by atoms with van der Waals surface area (Å²) in [7, 11) is 0. The maximum absolute atomic E-state index is 5.85. The van der Waals surface area contributed by atoms with Crippen LogP contribution in [0.4, 0.5) is 0 Å². The second kappa shape index (κ2) is 7.84. The van der Waals surface area contributed by atoms with Gasteiger partial charge in [0.15, 0.2) is 0 Å². The van der Waals surface area contributed by atoms with Crippen LogP contribution in [0.5, 0.6) is 0 Å². The molecule has 2 rings (SSSR count). The number of nitrogens with zero attached hydrogens (tertiary/aromatic N) is 1. The molecule has 1 fully saturated rings. The van der Waals surface area contributed by atoms with Gasteiger partial charge in [-0.3, -0.25) is 0 Å². The Labute approximate surface area is 113 Å². The summed E-state index contributed by atoms with van der Waals surface area (Å²) in [5.41, 5.74) is 1.12. The molecule has 0 amide bonds. The summed E-state index contributed by atoms with van der Waals surface area (Å²) in [5.74, 6) is 0. The molecule has 1 aromatic rings. The first-order valence-electron chi connectivity index (χ1n) is 6.78. The Hall–Kier alpha value is -0.490. The molecule has 1 saturated heterocycles. The molecule has 4 nitrogen and oxygen atoms in total. The third-order valence-corrected chi connectivity index (χ3v) is 4.05. The van der Waals surface area contributed by atoms with Crippen LogP contribution in [0.25, 0.3) is 0 Å². The van der Waals surface area contributed by atoms with Crippen molar-refractivity contribution in [2.75, 3.05) is 26.2 Å². The number of aromatic nitrogens is 1. The van der Waals surface area contributed by atoms with E-state index in [-0.39, 0.29) is 0 Å². The Morgan fingerprint density at radius 1 is 1.50 bits per heavy atom. The van der Waals surface area contributed by atoms with Crippen LogP contribution in [-0.2, 0) is 11.3 Å². The molecule has 1 aromatic heterocycles. The Balaban J connectivity index is 1.46. The van der Waals surface area contributed by atoms with Crippen LogP contribution in [0.3, 0.4) is 0 Å². The summed E-state index contributed by atoms with van der Waals surface area (Å²) < 4.78 is 5.85. The molecule has 0 radical (unpaired) electrons. The molecule has 2 N–H and O–H groups in total. The van der Waals surface area contributed by atoms with Crippen LogP contribution in [0.15, 0.2) is 5.38 Å². The highest BCUT2D eigenvalue weighted by Crippen LogP contribution is 2.08. The van der Waals surface area contributed by atoms with Crippen molar-refractivity contribution in [2.45, 2.75) is 38.8 Å². The third-order valence-electron chi connectivity index (χ3n) is 3.08. The maximum atomic E-state index is 5.85. The zero-order chi connectivity index (χ0) is 12.6. The molecule has 0 spiro atoms. The lowest BCUT2D eigenvalue weighted by Gasteiger charge is -2.22. The molecular weight excluding hydrogens is 246 g/mol. The van der Waals surface area contributed by atoms with Crippen molar-refractivity contribution < 1.29 is 4.74 Å². The molecule has 1 aliphatic rings. The van der Waals surface area contributed by atoms with Crippen LogP contribution in [0, 0.1) is 6.92 Å². The highest BCUT2D eigenvalue weighted by atomic mass is 32.1. The van der Waals surface area contributed by atoms with Crippen molar-refractivity contribution in [3.63, 3.8) is 0 Å². The second-order valence-electron chi connectivity index (χ2n) is 4.73. The molecule has 0 aliphatic carbocycles. The van der Waals surface area contributed by atoms with Crippen LogP contribution < -0.4 is 10.6 Å². The molecule has 5 heteroatoms. The summed E-state index contributed by atoms with van der Waals surface area (Å²) in [5, 5.41) is 10.0. The van der Waals surface area contributed by atoms with Crippen LogP contribution >= 0.6 is 11.3 Å². The summed E-state index contributed by atoms with van der Waals surface area (Å²) in [4.78, 5) is 4.42. The highest BCUT2D eigenvalue weighted by Gasteiger charge is 2.12. The van der Waals surface area contributed by atoms with E-state index in [0.717, 1.165) is 57.7 Å². The topological polar surface area (TPSA) is 46.2 Å². The number of piperidine rings is 1. The van der Waals surface area contributed by atoms with E-state index in [4.69, 9.17) is 4.74 Å². The van der Waals surface area contributed by atoms with Gasteiger partial charge in [0.25, 0.3) is 0 Å². The number of aryl methyl sites for hydroxylation is 1. The zero-order valence-corrected chi connectivity index (χ0v) is 11.9. The van der Waals surface area contributed by atoms with Gasteiger partial charge < -0.3 is 15.4 Å². The van der Waals surface area contributed by atoms with Gasteiger partial charge >= 0.3 is 0 Å². The minimum absolute atomic E-state index is 0.480. The van der Waals surface area contributed by atoms with Gasteiger partial charge in [-0.05, 0) is 45.8 Å². The van der Waals surface area contributed by atoms with Crippen molar-refractivity contribution in [1.29, 1.82) is 0 Å². The predicted octanol–water partition coefficient (Wildman–Crippen LogP) is 1.70. The summed E-state index contributed by atoms with van der Waals surface area (Å²) in [6, 6.07) is 0. The predicted molar refractivity (Wildman–Crippen MR) is 75.0 cm³/mol. The molecule has 2 heterocycles. The summed E-state index contributed by atoms with van der Waals surface area (Å²) >= 11 is 1.72. The van der Waals surface area contributed by atoms with Crippen molar-refractivity contribution in [3.05, 3.63) is 16.1 Å². The number of ether oxygens (including phenoxy) is 1. The quantitative estimate of drug-likeness (QED) is 0.740.